The normalized spacial score (nSPS) is 23.7. The van der Waals surface area contributed by atoms with E-state index < -0.39 is 194 Å². The number of aliphatic hydroxyl groups is 4. The van der Waals surface area contributed by atoms with Crippen LogP contribution in [0.2, 0.25) is 0 Å². The topological polar surface area (TPSA) is 540 Å². The van der Waals surface area contributed by atoms with Gasteiger partial charge < -0.3 is 105 Å². The van der Waals surface area contributed by atoms with Gasteiger partial charge in [-0.2, -0.15) is 0 Å². The predicted octanol–water partition coefficient (Wildman–Crippen LogP) is -5.95. The van der Waals surface area contributed by atoms with Gasteiger partial charge in [-0.05, 0) is 72.0 Å². The average molecular weight is 1280 g/mol. The summed E-state index contributed by atoms with van der Waals surface area (Å²) in [6.45, 7) is 1.85. The molecule has 1 heterocycles. The van der Waals surface area contributed by atoms with Crippen LogP contribution in [-0.2, 0) is 71.8 Å². The predicted molar refractivity (Wildman–Crippen MR) is 313 cm³/mol. The second-order valence-electron chi connectivity index (χ2n) is 20.8. The number of allylic oxidation sites excluding steroid dienone is 1. The van der Waals surface area contributed by atoms with Gasteiger partial charge in [0.15, 0.2) is 12.1 Å². The molecule has 12 atom stereocenters. The molecule has 21 N–H and O–H groups in total. The van der Waals surface area contributed by atoms with Gasteiger partial charge in [-0.1, -0.05) is 70.8 Å². The number of carbonyl (C=O) groups is 13. The smallest absolute Gasteiger partial charge is 0.335 e. The maximum atomic E-state index is 14.3. The van der Waals surface area contributed by atoms with Gasteiger partial charge in [-0.25, -0.2) is 9.59 Å². The van der Waals surface area contributed by atoms with E-state index >= 15 is 0 Å². The number of unbranched alkanes of at least 4 members (excludes halogenated alkanes) is 9. The van der Waals surface area contributed by atoms with E-state index in [1.165, 1.54) is 6.92 Å². The van der Waals surface area contributed by atoms with E-state index in [1.54, 1.807) is 0 Å². The van der Waals surface area contributed by atoms with Crippen LogP contribution in [0.1, 0.15) is 130 Å². The quantitative estimate of drug-likeness (QED) is 0.0138. The summed E-state index contributed by atoms with van der Waals surface area (Å²) in [7, 11) is 1.03. The fraction of sp³-hybridized carbons (Fsp3) is 0.722. The van der Waals surface area contributed by atoms with Crippen LogP contribution in [-0.4, -0.2) is 221 Å². The molecule has 1 rings (SSSR count). The van der Waals surface area contributed by atoms with Crippen molar-refractivity contribution in [1.29, 1.82) is 0 Å². The van der Waals surface area contributed by atoms with Crippen LogP contribution in [0.5, 0.6) is 0 Å². The molecule has 1 saturated heterocycles. The number of carboxylic acid groups (broad SMARTS) is 1. The summed E-state index contributed by atoms with van der Waals surface area (Å²) < 4.78 is 9.86. The number of aliphatic hydroxyl groups excluding tert-OH is 4. The lowest BCUT2D eigenvalue weighted by atomic mass is 10.0. The Morgan fingerprint density at radius 2 is 1.17 bits per heavy atom. The number of alkyl halides is 1. The molecule has 0 spiro atoms. The monoisotopic (exact) mass is 1280 g/mol. The number of hydrogen-bond donors (Lipinski definition) is 18. The molecule has 0 aromatic carbocycles. The number of rotatable bonds is 30. The minimum absolute atomic E-state index is 0.110. The van der Waals surface area contributed by atoms with Crippen molar-refractivity contribution < 1.29 is 97.3 Å². The van der Waals surface area contributed by atoms with E-state index in [-0.39, 0.29) is 51.7 Å². The van der Waals surface area contributed by atoms with Gasteiger partial charge in [0.2, 0.25) is 53.2 Å². The van der Waals surface area contributed by atoms with E-state index in [4.69, 9.17) is 33.5 Å². The lowest BCUT2D eigenvalue weighted by molar-refractivity contribution is -0.155. The first-order chi connectivity index (χ1) is 41.7. The fourth-order valence-corrected chi connectivity index (χ4v) is 8.73. The Kier molecular flexibility index (Phi) is 39.0. The van der Waals surface area contributed by atoms with Gasteiger partial charge >= 0.3 is 17.9 Å². The molecule has 500 valence electrons. The van der Waals surface area contributed by atoms with E-state index in [1.807, 2.05) is 10.6 Å². The number of cyclic esters (lactones) is 1. The summed E-state index contributed by atoms with van der Waals surface area (Å²) in [5.74, 6) is -18.1. The first kappa shape index (κ1) is 78.9. The maximum Gasteiger partial charge on any atom is 0.335 e. The molecule has 1 fully saturated rings. The van der Waals surface area contributed by atoms with Gasteiger partial charge in [0.25, 0.3) is 5.91 Å². The molecule has 33 nitrogen and oxygen atoms in total. The molecule has 0 aliphatic carbocycles. The number of amides is 10. The molecule has 10 amide bonds. The number of esters is 2. The van der Waals surface area contributed by atoms with Crippen molar-refractivity contribution in [2.45, 2.75) is 203 Å². The highest BCUT2D eigenvalue weighted by atomic mass is 35.5. The van der Waals surface area contributed by atoms with Crippen molar-refractivity contribution >= 4 is 88.6 Å². The largest absolute Gasteiger partial charge is 0.479 e. The zero-order valence-electron chi connectivity index (χ0n) is 50.2. The summed E-state index contributed by atoms with van der Waals surface area (Å²) >= 11 is 5.88. The second kappa shape index (κ2) is 43.5. The van der Waals surface area contributed by atoms with Crippen LogP contribution in [0.25, 0.3) is 0 Å². The number of nitrogens with one attached hydrogen (secondary N) is 10. The summed E-state index contributed by atoms with van der Waals surface area (Å²) in [6, 6.07) is -15.9. The third kappa shape index (κ3) is 29.7. The molecular weight excluding hydrogens is 1190 g/mol. The van der Waals surface area contributed by atoms with Crippen molar-refractivity contribution in [3.05, 3.63) is 11.8 Å². The molecular formula is C54H92ClN13O20. The zero-order valence-corrected chi connectivity index (χ0v) is 51.0. The van der Waals surface area contributed by atoms with E-state index in [9.17, 15) is 87.9 Å². The summed E-state index contributed by atoms with van der Waals surface area (Å²) in [4.78, 5) is 177. The van der Waals surface area contributed by atoms with Crippen molar-refractivity contribution in [2.24, 2.45) is 17.2 Å². The van der Waals surface area contributed by atoms with Crippen molar-refractivity contribution in [3.8, 4) is 0 Å². The Hall–Kier alpha value is -7.14. The number of halogens is 1. The third-order valence-corrected chi connectivity index (χ3v) is 13.9. The summed E-state index contributed by atoms with van der Waals surface area (Å²) in [6.07, 6.45) is -0.390. The number of methoxy groups -OCH3 is 1. The molecule has 88 heavy (non-hydrogen) atoms. The second-order valence-corrected chi connectivity index (χ2v) is 21.1. The highest BCUT2D eigenvalue weighted by molar-refractivity contribution is 6.18. The van der Waals surface area contributed by atoms with Crippen molar-refractivity contribution in [3.63, 3.8) is 0 Å². The van der Waals surface area contributed by atoms with Gasteiger partial charge in [-0.3, -0.25) is 52.7 Å². The van der Waals surface area contributed by atoms with Gasteiger partial charge in [0, 0.05) is 0 Å². The van der Waals surface area contributed by atoms with Crippen LogP contribution in [0.4, 0.5) is 0 Å². The zero-order chi connectivity index (χ0) is 66.5. The highest BCUT2D eigenvalue weighted by Crippen LogP contribution is 2.14. The molecule has 34 heteroatoms. The summed E-state index contributed by atoms with van der Waals surface area (Å²) in [5.41, 5.74) is 16.6. The maximum absolute atomic E-state index is 14.3. The lowest BCUT2D eigenvalue weighted by Gasteiger charge is -2.29. The van der Waals surface area contributed by atoms with E-state index in [0.29, 0.717) is 6.42 Å². The van der Waals surface area contributed by atoms with Crippen LogP contribution < -0.4 is 70.4 Å². The van der Waals surface area contributed by atoms with Crippen LogP contribution in [0.3, 0.4) is 0 Å². The molecule has 1 unspecified atom stereocenters. The molecule has 1 aliphatic rings. The molecule has 0 radical (unpaired) electrons. The number of carbonyl (C=O) groups excluding carboxylic acids is 12. The van der Waals surface area contributed by atoms with Crippen molar-refractivity contribution in [2.75, 3.05) is 45.8 Å². The van der Waals surface area contributed by atoms with Crippen molar-refractivity contribution in [1.82, 2.24) is 53.2 Å². The van der Waals surface area contributed by atoms with E-state index in [0.717, 1.165) is 71.5 Å². The Labute approximate surface area is 515 Å². The van der Waals surface area contributed by atoms with Crippen LogP contribution in [0.15, 0.2) is 11.8 Å². The van der Waals surface area contributed by atoms with Gasteiger partial charge in [-0.15, -0.1) is 11.6 Å². The SMILES string of the molecule is C/C=C1/NC(=O)[C@H]([C@H](C)O)NC(=O)[C@H](CCN)NC(=O)[C@H](CCCCN)NC(=O)[C@H](CC(=O)NCC(=O)OC)NC(=O)[C@@H](CCN)NC(=O)[C@@H](NC(=O)C[C@@H](O)CCCCCCCCCCC)COC(=O)[C@H]([C@H](O)CCl)NC(=O)[C@H](C(O)C(=O)O)NC1=O. The molecule has 0 saturated carbocycles. The molecule has 1 aliphatic heterocycles. The fourth-order valence-electron chi connectivity index (χ4n) is 8.55. The van der Waals surface area contributed by atoms with Gasteiger partial charge in [0.1, 0.15) is 61.1 Å². The highest BCUT2D eigenvalue weighted by Gasteiger charge is 2.41. The van der Waals surface area contributed by atoms with Crippen LogP contribution >= 0.6 is 11.6 Å². The Morgan fingerprint density at radius 1 is 0.648 bits per heavy atom. The number of hydrogen-bond acceptors (Lipinski definition) is 22. The minimum atomic E-state index is -2.84. The first-order valence-electron chi connectivity index (χ1n) is 29.2. The third-order valence-electron chi connectivity index (χ3n) is 13.6. The Bertz CT molecular complexity index is 2350. The molecule has 0 aromatic heterocycles. The standard InChI is InChI=1S/C54H92ClN13O20/c1-5-7-8-9-10-11-12-13-14-17-30(70)24-39(73)60-36-28-88-54(86)42(37(71)26-55)67-52(83)43(44(75)53(84)85)68-45(76)31(6-2)61-51(82)41(29(3)69)66-48(79)34(20-23-58)63-46(77)32(18-15-16-21-56)62-49(80)35(25-38(72)59-27-40(74)87-4)65-47(78)33(19-22-57)64-50(36)81/h6,29-30,32-37,41-44,69-71,75H,5,7-28,56-58H2,1-4H3,(H,59,72)(H,60,73)(H,61,82)(H,62,80)(H,63,77)(H,64,81)(H,65,78)(H,66,79)(H,67,83)(H,68,76)(H,84,85)/b31-6+/t29-,30-,32-,33+,34-,35-,36-,37+,41-,42-,43-,44?/m0/s1. The number of nitrogens with two attached hydrogens (primary N) is 3. The minimum Gasteiger partial charge on any atom is -0.479 e. The number of carboxylic acids is 1. The van der Waals surface area contributed by atoms with E-state index in [2.05, 4.69) is 54.2 Å². The average Bonchev–Trinajstić information content (AvgIpc) is 3.25. The Balaban J connectivity index is 4.13. The molecule has 0 aromatic rings. The van der Waals surface area contributed by atoms with Crippen LogP contribution in [0, 0.1) is 0 Å². The number of ether oxygens (including phenoxy) is 2. The lowest BCUT2D eigenvalue weighted by Crippen LogP contribution is -2.62. The molecule has 0 bridgehead atoms. The number of aliphatic carboxylic acids is 1. The van der Waals surface area contributed by atoms with Gasteiger partial charge in [0.05, 0.1) is 44.1 Å². The summed E-state index contributed by atoms with van der Waals surface area (Å²) in [5, 5.41) is 75.0. The Morgan fingerprint density at radius 3 is 1.69 bits per heavy atom. The first-order valence-corrected chi connectivity index (χ1v) is 29.8.